The Balaban J connectivity index is 1.57. The van der Waals surface area contributed by atoms with E-state index in [2.05, 4.69) is 60.7 Å². The van der Waals surface area contributed by atoms with Crippen LogP contribution in [0, 0.1) is 34.5 Å². The predicted octanol–water partition coefficient (Wildman–Crippen LogP) is 7.54. The molecule has 3 heteroatoms. The van der Waals surface area contributed by atoms with Gasteiger partial charge in [-0.1, -0.05) is 59.6 Å². The van der Waals surface area contributed by atoms with Gasteiger partial charge in [0.1, 0.15) is 5.78 Å². The van der Waals surface area contributed by atoms with Crippen molar-refractivity contribution in [1.82, 2.24) is 0 Å². The first-order chi connectivity index (χ1) is 13.8. The van der Waals surface area contributed by atoms with Crippen LogP contribution in [0.3, 0.4) is 0 Å². The molecule has 0 saturated heterocycles. The molecule has 0 amide bonds. The summed E-state index contributed by atoms with van der Waals surface area (Å²) in [6.45, 7) is 19.0. The second-order valence-corrected chi connectivity index (χ2v) is 17.9. The minimum atomic E-state index is -1.72. The predicted molar refractivity (Wildman–Crippen MR) is 128 cm³/mol. The molecular formula is C27H46O2Si. The summed E-state index contributed by atoms with van der Waals surface area (Å²) in [5.74, 6) is 3.29. The lowest BCUT2D eigenvalue weighted by molar-refractivity contribution is -0.132. The number of carbonyl (C=O) groups excluding carboxylic acids is 1. The maximum atomic E-state index is 13.0. The first-order valence-electron chi connectivity index (χ1n) is 12.7. The number of rotatable bonds is 3. The molecule has 0 aromatic carbocycles. The highest BCUT2D eigenvalue weighted by Crippen LogP contribution is 2.65. The van der Waals surface area contributed by atoms with Gasteiger partial charge in [0.05, 0.1) is 0 Å². The highest BCUT2D eigenvalue weighted by atomic mass is 28.4. The van der Waals surface area contributed by atoms with E-state index in [0.29, 0.717) is 35.1 Å². The molecule has 4 rings (SSSR count). The largest absolute Gasteiger partial charge is 0.414 e. The standard InChI is InChI=1S/C27H46O2Si/c1-9-18-16-23(28)27(6)15-13-22-21(24(18)27)11-10-19-17-20(12-14-26(19,22)5)29-30(7,8)25(2,3)4/h10,18,20-22,24H,9,11-17H2,1-8H3/t18?,20?,21-,22-,24+,26+,27-/m1/s1. The topological polar surface area (TPSA) is 26.3 Å². The Morgan fingerprint density at radius 1 is 1.10 bits per heavy atom. The van der Waals surface area contributed by atoms with Crippen molar-refractivity contribution < 1.29 is 9.22 Å². The van der Waals surface area contributed by atoms with Gasteiger partial charge in [-0.15, -0.1) is 0 Å². The molecule has 0 spiro atoms. The smallest absolute Gasteiger partial charge is 0.192 e. The zero-order chi connectivity index (χ0) is 22.1. The van der Waals surface area contributed by atoms with Crippen LogP contribution in [0.1, 0.15) is 92.9 Å². The van der Waals surface area contributed by atoms with Gasteiger partial charge < -0.3 is 4.43 Å². The van der Waals surface area contributed by atoms with E-state index in [1.54, 1.807) is 5.57 Å². The van der Waals surface area contributed by atoms with Crippen LogP contribution < -0.4 is 0 Å². The van der Waals surface area contributed by atoms with E-state index in [1.807, 2.05) is 0 Å². The molecule has 0 aromatic rings. The van der Waals surface area contributed by atoms with E-state index in [1.165, 1.54) is 32.1 Å². The summed E-state index contributed by atoms with van der Waals surface area (Å²) in [4.78, 5) is 13.0. The van der Waals surface area contributed by atoms with Gasteiger partial charge in [-0.25, -0.2) is 0 Å². The Labute approximate surface area is 186 Å². The number of carbonyl (C=O) groups is 1. The summed E-state index contributed by atoms with van der Waals surface area (Å²) in [5, 5.41) is 0.276. The van der Waals surface area contributed by atoms with Crippen molar-refractivity contribution in [3.05, 3.63) is 11.6 Å². The highest BCUT2D eigenvalue weighted by Gasteiger charge is 2.61. The van der Waals surface area contributed by atoms with Gasteiger partial charge in [0.15, 0.2) is 8.32 Å². The zero-order valence-corrected chi connectivity index (χ0v) is 21.9. The Morgan fingerprint density at radius 2 is 1.77 bits per heavy atom. The third-order valence-corrected chi connectivity index (χ3v) is 15.2. The number of fused-ring (bicyclic) bond motifs is 5. The summed E-state index contributed by atoms with van der Waals surface area (Å²) < 4.78 is 6.86. The number of ketones is 1. The number of hydrogen-bond acceptors (Lipinski definition) is 2. The van der Waals surface area contributed by atoms with Crippen LogP contribution >= 0.6 is 0 Å². The van der Waals surface area contributed by atoms with Crippen molar-refractivity contribution in [3.63, 3.8) is 0 Å². The van der Waals surface area contributed by atoms with Crippen LogP contribution in [-0.2, 0) is 9.22 Å². The molecule has 3 fully saturated rings. The molecule has 0 heterocycles. The lowest BCUT2D eigenvalue weighted by atomic mass is 9.47. The fourth-order valence-corrected chi connectivity index (χ4v) is 9.15. The van der Waals surface area contributed by atoms with Gasteiger partial charge >= 0.3 is 0 Å². The number of hydrogen-bond donors (Lipinski definition) is 0. The molecule has 4 aliphatic carbocycles. The molecule has 30 heavy (non-hydrogen) atoms. The van der Waals surface area contributed by atoms with Gasteiger partial charge in [-0.05, 0) is 85.7 Å². The van der Waals surface area contributed by atoms with Crippen molar-refractivity contribution in [2.45, 2.75) is 117 Å². The molecule has 0 radical (unpaired) electrons. The summed E-state index contributed by atoms with van der Waals surface area (Å²) in [6, 6.07) is 0. The second kappa shape index (κ2) is 7.30. The average Bonchev–Trinajstić information content (AvgIpc) is 2.91. The molecule has 2 unspecified atom stereocenters. The Morgan fingerprint density at radius 3 is 2.40 bits per heavy atom. The summed E-state index contributed by atoms with van der Waals surface area (Å²) in [7, 11) is -1.72. The number of Topliss-reactive ketones (excluding diaryl/α,β-unsaturated/α-hetero) is 1. The van der Waals surface area contributed by atoms with Crippen molar-refractivity contribution in [2.24, 2.45) is 34.5 Å². The molecule has 0 bridgehead atoms. The van der Waals surface area contributed by atoms with Crippen LogP contribution in [0.4, 0.5) is 0 Å². The van der Waals surface area contributed by atoms with Crippen molar-refractivity contribution in [3.8, 4) is 0 Å². The van der Waals surface area contributed by atoms with E-state index in [-0.39, 0.29) is 10.5 Å². The minimum absolute atomic E-state index is 0.0355. The normalized spacial score (nSPS) is 44.2. The molecule has 3 saturated carbocycles. The SMILES string of the molecule is CCC1CC(=O)[C@@]2(C)CC[C@@H]3[C@@H](CC=C4CC(O[Si](C)(C)C(C)(C)C)CC[C@@]43C)[C@H]12. The van der Waals surface area contributed by atoms with Crippen molar-refractivity contribution >= 4 is 14.1 Å². The summed E-state index contributed by atoms with van der Waals surface area (Å²) >= 11 is 0. The molecular weight excluding hydrogens is 384 g/mol. The van der Waals surface area contributed by atoms with E-state index in [9.17, 15) is 4.79 Å². The van der Waals surface area contributed by atoms with Crippen LogP contribution in [0.2, 0.25) is 18.1 Å². The van der Waals surface area contributed by atoms with Crippen LogP contribution in [-0.4, -0.2) is 20.2 Å². The maximum absolute atomic E-state index is 13.0. The molecule has 0 aromatic heterocycles. The van der Waals surface area contributed by atoms with E-state index in [0.717, 1.165) is 25.2 Å². The van der Waals surface area contributed by atoms with Gasteiger partial charge in [0.2, 0.25) is 0 Å². The van der Waals surface area contributed by atoms with Gasteiger partial charge in [0, 0.05) is 17.9 Å². The van der Waals surface area contributed by atoms with E-state index >= 15 is 0 Å². The zero-order valence-electron chi connectivity index (χ0n) is 20.9. The van der Waals surface area contributed by atoms with Crippen LogP contribution in [0.5, 0.6) is 0 Å². The molecule has 7 atom stereocenters. The summed E-state index contributed by atoms with van der Waals surface area (Å²) in [6.07, 6.45) is 12.2. The quantitative estimate of drug-likeness (QED) is 0.341. The number of allylic oxidation sites excluding steroid dienone is 1. The van der Waals surface area contributed by atoms with Gasteiger partial charge in [0.25, 0.3) is 0 Å². The van der Waals surface area contributed by atoms with Gasteiger partial charge in [-0.2, -0.15) is 0 Å². The molecule has 4 aliphatic rings. The first-order valence-corrected chi connectivity index (χ1v) is 15.6. The third-order valence-electron chi connectivity index (χ3n) is 10.7. The monoisotopic (exact) mass is 430 g/mol. The molecule has 2 nitrogen and oxygen atoms in total. The van der Waals surface area contributed by atoms with Crippen LogP contribution in [0.25, 0.3) is 0 Å². The lowest BCUT2D eigenvalue weighted by Crippen LogP contribution is -2.52. The van der Waals surface area contributed by atoms with E-state index < -0.39 is 8.32 Å². The minimum Gasteiger partial charge on any atom is -0.414 e. The lowest BCUT2D eigenvalue weighted by Gasteiger charge is -2.58. The van der Waals surface area contributed by atoms with Crippen molar-refractivity contribution in [2.75, 3.05) is 0 Å². The molecule has 170 valence electrons. The molecule has 0 N–H and O–H groups in total. The average molecular weight is 431 g/mol. The van der Waals surface area contributed by atoms with E-state index in [4.69, 9.17) is 4.43 Å². The fraction of sp³-hybridized carbons (Fsp3) is 0.889. The first kappa shape index (κ1) is 22.8. The summed E-state index contributed by atoms with van der Waals surface area (Å²) in [5.41, 5.74) is 1.99. The fourth-order valence-electron chi connectivity index (χ4n) is 7.77. The third kappa shape index (κ3) is 3.32. The highest BCUT2D eigenvalue weighted by molar-refractivity contribution is 6.74. The second-order valence-electron chi connectivity index (χ2n) is 13.2. The Hall–Kier alpha value is -0.413. The Bertz CT molecular complexity index is 732. The van der Waals surface area contributed by atoms with Crippen LogP contribution in [0.15, 0.2) is 11.6 Å². The Kier molecular flexibility index (Phi) is 5.54. The van der Waals surface area contributed by atoms with Crippen molar-refractivity contribution in [1.29, 1.82) is 0 Å². The van der Waals surface area contributed by atoms with Gasteiger partial charge in [-0.3, -0.25) is 4.79 Å². The molecule has 0 aliphatic heterocycles. The maximum Gasteiger partial charge on any atom is 0.192 e.